The van der Waals surface area contributed by atoms with Gasteiger partial charge in [-0.15, -0.1) is 0 Å². The van der Waals surface area contributed by atoms with Crippen LogP contribution in [-0.4, -0.2) is 0 Å². The molecule has 0 bridgehead atoms. The molecule has 0 saturated carbocycles. The van der Waals surface area contributed by atoms with E-state index in [1.807, 2.05) is 12.1 Å². The largest absolute Gasteiger partial charge is 0.456 e. The Hall–Kier alpha value is -6.44. The molecular formula is C51H34O. The number of hydrogen-bond donors (Lipinski definition) is 0. The van der Waals surface area contributed by atoms with Crippen molar-refractivity contribution < 1.29 is 4.42 Å². The molecule has 52 heavy (non-hydrogen) atoms. The fraction of sp³-hybridized carbons (Fsp3) is 0.0588. The second kappa shape index (κ2) is 10.8. The first-order valence-electron chi connectivity index (χ1n) is 18.2. The topological polar surface area (TPSA) is 13.1 Å². The fourth-order valence-electron chi connectivity index (χ4n) is 9.24. The van der Waals surface area contributed by atoms with Crippen molar-refractivity contribution >= 4 is 54.3 Å². The zero-order valence-corrected chi connectivity index (χ0v) is 29.1. The lowest BCUT2D eigenvalue weighted by molar-refractivity contribution is 0.661. The molecule has 0 saturated heterocycles. The van der Waals surface area contributed by atoms with Crippen LogP contribution in [0.2, 0.25) is 0 Å². The van der Waals surface area contributed by atoms with Gasteiger partial charge in [0, 0.05) is 16.2 Å². The number of hydrogen-bond acceptors (Lipinski definition) is 1. The second-order valence-corrected chi connectivity index (χ2v) is 14.8. The van der Waals surface area contributed by atoms with Crippen LogP contribution in [0.25, 0.3) is 98.8 Å². The summed E-state index contributed by atoms with van der Waals surface area (Å²) in [6.07, 6.45) is 0. The quantitative estimate of drug-likeness (QED) is 0.172. The van der Waals surface area contributed by atoms with Gasteiger partial charge in [0.05, 0.1) is 0 Å². The highest BCUT2D eigenvalue weighted by molar-refractivity contribution is 6.22. The van der Waals surface area contributed by atoms with Crippen LogP contribution in [0.5, 0.6) is 0 Å². The van der Waals surface area contributed by atoms with Crippen molar-refractivity contribution in [3.8, 4) is 44.5 Å². The molecule has 1 aliphatic carbocycles. The molecule has 11 rings (SSSR count). The summed E-state index contributed by atoms with van der Waals surface area (Å²) in [5.41, 5.74) is 14.8. The molecule has 9 aromatic carbocycles. The summed E-state index contributed by atoms with van der Waals surface area (Å²) in [6.45, 7) is 4.74. The van der Waals surface area contributed by atoms with Crippen molar-refractivity contribution in [1.82, 2.24) is 0 Å². The first-order valence-corrected chi connectivity index (χ1v) is 18.2. The van der Waals surface area contributed by atoms with Crippen LogP contribution >= 0.6 is 0 Å². The maximum Gasteiger partial charge on any atom is 0.135 e. The lowest BCUT2D eigenvalue weighted by Crippen LogP contribution is -2.14. The molecule has 0 unspecified atom stereocenters. The molecule has 1 aromatic heterocycles. The summed E-state index contributed by atoms with van der Waals surface area (Å²) >= 11 is 0. The molecule has 0 fully saturated rings. The Morgan fingerprint density at radius 1 is 0.346 bits per heavy atom. The highest BCUT2D eigenvalue weighted by Crippen LogP contribution is 2.54. The van der Waals surface area contributed by atoms with E-state index in [-0.39, 0.29) is 5.41 Å². The Balaban J connectivity index is 1.10. The summed E-state index contributed by atoms with van der Waals surface area (Å²) < 4.78 is 6.21. The molecule has 244 valence electrons. The lowest BCUT2D eigenvalue weighted by atomic mass is 9.81. The second-order valence-electron chi connectivity index (χ2n) is 14.8. The van der Waals surface area contributed by atoms with Crippen LogP contribution in [0.1, 0.15) is 25.0 Å². The van der Waals surface area contributed by atoms with Gasteiger partial charge in [-0.2, -0.15) is 0 Å². The summed E-state index contributed by atoms with van der Waals surface area (Å²) in [4.78, 5) is 0. The average molecular weight is 663 g/mol. The van der Waals surface area contributed by atoms with Crippen LogP contribution in [0.15, 0.2) is 174 Å². The van der Waals surface area contributed by atoms with Crippen molar-refractivity contribution in [2.45, 2.75) is 19.3 Å². The maximum atomic E-state index is 6.21. The number of furan rings is 1. The molecule has 1 nitrogen and oxygen atoms in total. The predicted molar refractivity (Wildman–Crippen MR) is 220 cm³/mol. The van der Waals surface area contributed by atoms with Gasteiger partial charge < -0.3 is 4.42 Å². The van der Waals surface area contributed by atoms with Crippen LogP contribution < -0.4 is 0 Å². The van der Waals surface area contributed by atoms with Crippen LogP contribution in [-0.2, 0) is 5.41 Å². The summed E-state index contributed by atoms with van der Waals surface area (Å²) in [5, 5.41) is 9.91. The van der Waals surface area contributed by atoms with E-state index in [4.69, 9.17) is 4.42 Å². The standard InChI is InChI=1S/C51H34O/c1-51(2)43-20-11-19-36(49(43)50-35-13-4-3-12-31(35)26-28-44(50)51)32-22-24-33(25-23-32)47-38-15-5-7-17-40(38)48(41-18-8-6-16-39(41)47)34-27-29-46-42(30-34)37-14-9-10-21-45(37)52-46/h3-30H,1-2H3. The summed E-state index contributed by atoms with van der Waals surface area (Å²) in [7, 11) is 0. The van der Waals surface area contributed by atoms with Crippen LogP contribution in [0.4, 0.5) is 0 Å². The van der Waals surface area contributed by atoms with Gasteiger partial charge in [0.2, 0.25) is 0 Å². The highest BCUT2D eigenvalue weighted by Gasteiger charge is 2.37. The minimum Gasteiger partial charge on any atom is -0.456 e. The smallest absolute Gasteiger partial charge is 0.135 e. The molecule has 0 aliphatic heterocycles. The molecule has 0 amide bonds. The molecule has 1 heteroatoms. The lowest BCUT2D eigenvalue weighted by Gasteiger charge is -2.21. The van der Waals surface area contributed by atoms with Gasteiger partial charge in [-0.25, -0.2) is 0 Å². The Labute approximate surface area is 302 Å². The molecule has 1 aliphatic rings. The Kier molecular flexibility index (Phi) is 6.08. The molecule has 0 atom stereocenters. The Bertz CT molecular complexity index is 3030. The third kappa shape index (κ3) is 4.05. The van der Waals surface area contributed by atoms with E-state index in [1.165, 1.54) is 88.0 Å². The van der Waals surface area contributed by atoms with Crippen molar-refractivity contribution in [3.63, 3.8) is 0 Å². The first-order chi connectivity index (χ1) is 25.6. The van der Waals surface area contributed by atoms with Gasteiger partial charge in [0.1, 0.15) is 11.2 Å². The van der Waals surface area contributed by atoms with E-state index >= 15 is 0 Å². The SMILES string of the molecule is CC1(C)c2cccc(-c3ccc(-c4c5ccccc5c(-c5ccc6oc7ccccc7c6c5)c5ccccc45)cc3)c2-c2c1ccc1ccccc21. The molecule has 10 aromatic rings. The zero-order valence-electron chi connectivity index (χ0n) is 29.1. The van der Waals surface area contributed by atoms with E-state index in [2.05, 4.69) is 172 Å². The molecule has 0 radical (unpaired) electrons. The first kappa shape index (κ1) is 29.3. The number of fused-ring (bicyclic) bond motifs is 10. The fourth-order valence-corrected chi connectivity index (χ4v) is 9.24. The minimum absolute atomic E-state index is 0.0700. The van der Waals surface area contributed by atoms with Gasteiger partial charge in [0.15, 0.2) is 0 Å². The predicted octanol–water partition coefficient (Wildman–Crippen LogP) is 14.4. The van der Waals surface area contributed by atoms with Crippen molar-refractivity contribution in [1.29, 1.82) is 0 Å². The monoisotopic (exact) mass is 662 g/mol. The van der Waals surface area contributed by atoms with Gasteiger partial charge in [-0.05, 0) is 106 Å². The Morgan fingerprint density at radius 3 is 1.60 bits per heavy atom. The zero-order chi connectivity index (χ0) is 34.6. The van der Waals surface area contributed by atoms with E-state index in [0.717, 1.165) is 21.9 Å². The van der Waals surface area contributed by atoms with Gasteiger partial charge >= 0.3 is 0 Å². The average Bonchev–Trinajstić information content (AvgIpc) is 3.68. The number of rotatable bonds is 3. The van der Waals surface area contributed by atoms with Crippen LogP contribution in [0.3, 0.4) is 0 Å². The summed E-state index contributed by atoms with van der Waals surface area (Å²) in [6, 6.07) is 62.4. The summed E-state index contributed by atoms with van der Waals surface area (Å²) in [5.74, 6) is 0. The number of para-hydroxylation sites is 1. The third-order valence-electron chi connectivity index (χ3n) is 11.7. The van der Waals surface area contributed by atoms with E-state index in [9.17, 15) is 0 Å². The molecule has 1 heterocycles. The van der Waals surface area contributed by atoms with E-state index < -0.39 is 0 Å². The van der Waals surface area contributed by atoms with Gasteiger partial charge in [-0.1, -0.05) is 166 Å². The van der Waals surface area contributed by atoms with Crippen molar-refractivity contribution in [2.75, 3.05) is 0 Å². The highest BCUT2D eigenvalue weighted by atomic mass is 16.3. The third-order valence-corrected chi connectivity index (χ3v) is 11.7. The maximum absolute atomic E-state index is 6.21. The van der Waals surface area contributed by atoms with Gasteiger partial charge in [-0.3, -0.25) is 0 Å². The molecule has 0 N–H and O–H groups in total. The van der Waals surface area contributed by atoms with Crippen molar-refractivity contribution in [2.24, 2.45) is 0 Å². The Morgan fingerprint density at radius 2 is 0.885 bits per heavy atom. The van der Waals surface area contributed by atoms with E-state index in [0.29, 0.717) is 0 Å². The molecule has 0 spiro atoms. The van der Waals surface area contributed by atoms with E-state index in [1.54, 1.807) is 0 Å². The minimum atomic E-state index is -0.0700. The normalized spacial score (nSPS) is 13.3. The van der Waals surface area contributed by atoms with Gasteiger partial charge in [0.25, 0.3) is 0 Å². The van der Waals surface area contributed by atoms with Crippen molar-refractivity contribution in [3.05, 3.63) is 181 Å². The van der Waals surface area contributed by atoms with Crippen LogP contribution in [0, 0.1) is 0 Å². The number of benzene rings is 9. The molecular weight excluding hydrogens is 629 g/mol.